The van der Waals surface area contributed by atoms with Crippen molar-refractivity contribution in [1.29, 1.82) is 0 Å². The standard InChI is InChI=1S/C14H17ClN2O2/c15-10-8-9(4-5-11(10)16)14(18)17-6-7-19-13-3-1-2-12(13)17/h4-5,8,12-13H,1-3,6-7,16H2. The van der Waals surface area contributed by atoms with Gasteiger partial charge in [0, 0.05) is 12.1 Å². The molecule has 1 amide bonds. The fourth-order valence-electron chi connectivity index (χ4n) is 3.00. The second-order valence-electron chi connectivity index (χ2n) is 5.14. The number of hydrogen-bond donors (Lipinski definition) is 1. The zero-order valence-electron chi connectivity index (χ0n) is 10.6. The third kappa shape index (κ3) is 2.30. The Bertz CT molecular complexity index is 506. The Morgan fingerprint density at radius 2 is 2.26 bits per heavy atom. The van der Waals surface area contributed by atoms with E-state index in [0.717, 1.165) is 19.3 Å². The first-order valence-corrected chi connectivity index (χ1v) is 7.02. The lowest BCUT2D eigenvalue weighted by Crippen LogP contribution is -2.51. The van der Waals surface area contributed by atoms with Crippen molar-refractivity contribution in [3.8, 4) is 0 Å². The summed E-state index contributed by atoms with van der Waals surface area (Å²) in [5.41, 5.74) is 6.78. The molecule has 102 valence electrons. The van der Waals surface area contributed by atoms with Crippen LogP contribution in [0.1, 0.15) is 29.6 Å². The summed E-state index contributed by atoms with van der Waals surface area (Å²) in [4.78, 5) is 14.5. The first-order valence-electron chi connectivity index (χ1n) is 6.64. The number of ether oxygens (including phenoxy) is 1. The molecular formula is C14H17ClN2O2. The predicted molar refractivity (Wildman–Crippen MR) is 74.3 cm³/mol. The summed E-state index contributed by atoms with van der Waals surface area (Å²) >= 11 is 5.99. The minimum atomic E-state index is 0.0297. The fourth-order valence-corrected chi connectivity index (χ4v) is 3.18. The molecule has 4 nitrogen and oxygen atoms in total. The van der Waals surface area contributed by atoms with Crippen LogP contribution in [0.2, 0.25) is 5.02 Å². The molecule has 1 saturated carbocycles. The Hall–Kier alpha value is -1.26. The minimum Gasteiger partial charge on any atom is -0.398 e. The molecule has 1 aliphatic heterocycles. The number of hydrogen-bond acceptors (Lipinski definition) is 3. The average Bonchev–Trinajstić information content (AvgIpc) is 2.89. The summed E-state index contributed by atoms with van der Waals surface area (Å²) < 4.78 is 5.72. The monoisotopic (exact) mass is 280 g/mol. The number of carbonyl (C=O) groups is 1. The van der Waals surface area contributed by atoms with E-state index in [4.69, 9.17) is 22.1 Å². The van der Waals surface area contributed by atoms with E-state index in [9.17, 15) is 4.79 Å². The van der Waals surface area contributed by atoms with E-state index in [1.165, 1.54) is 0 Å². The van der Waals surface area contributed by atoms with Gasteiger partial charge in [0.2, 0.25) is 0 Å². The van der Waals surface area contributed by atoms with E-state index in [2.05, 4.69) is 0 Å². The van der Waals surface area contributed by atoms with Gasteiger partial charge in [0.1, 0.15) is 0 Å². The number of anilines is 1. The van der Waals surface area contributed by atoms with Gasteiger partial charge >= 0.3 is 0 Å². The van der Waals surface area contributed by atoms with Gasteiger partial charge < -0.3 is 15.4 Å². The van der Waals surface area contributed by atoms with Gasteiger partial charge in [-0.3, -0.25) is 4.79 Å². The highest BCUT2D eigenvalue weighted by molar-refractivity contribution is 6.33. The van der Waals surface area contributed by atoms with Gasteiger partial charge in [0.25, 0.3) is 5.91 Å². The number of benzene rings is 1. The topological polar surface area (TPSA) is 55.6 Å². The zero-order valence-corrected chi connectivity index (χ0v) is 11.4. The van der Waals surface area contributed by atoms with Crippen LogP contribution in [0.3, 0.4) is 0 Å². The van der Waals surface area contributed by atoms with E-state index in [1.54, 1.807) is 18.2 Å². The molecule has 0 bridgehead atoms. The van der Waals surface area contributed by atoms with Gasteiger partial charge in [0.15, 0.2) is 0 Å². The highest BCUT2D eigenvalue weighted by Crippen LogP contribution is 2.31. The van der Waals surface area contributed by atoms with Crippen LogP contribution in [-0.4, -0.2) is 36.1 Å². The van der Waals surface area contributed by atoms with E-state index in [0.29, 0.717) is 29.4 Å². The molecule has 2 N–H and O–H groups in total. The second-order valence-corrected chi connectivity index (χ2v) is 5.55. The summed E-state index contributed by atoms with van der Waals surface area (Å²) in [6.45, 7) is 1.28. The van der Waals surface area contributed by atoms with Crippen LogP contribution in [0.25, 0.3) is 0 Å². The summed E-state index contributed by atoms with van der Waals surface area (Å²) in [5, 5.41) is 0.432. The van der Waals surface area contributed by atoms with Crippen molar-refractivity contribution in [2.24, 2.45) is 0 Å². The summed E-state index contributed by atoms with van der Waals surface area (Å²) in [7, 11) is 0. The number of halogens is 1. The molecule has 1 heterocycles. The smallest absolute Gasteiger partial charge is 0.254 e. The average molecular weight is 281 g/mol. The van der Waals surface area contributed by atoms with Crippen molar-refractivity contribution in [3.05, 3.63) is 28.8 Å². The van der Waals surface area contributed by atoms with Crippen LogP contribution in [0.5, 0.6) is 0 Å². The third-order valence-corrected chi connectivity index (χ3v) is 4.32. The van der Waals surface area contributed by atoms with Crippen LogP contribution in [-0.2, 0) is 4.74 Å². The van der Waals surface area contributed by atoms with Gasteiger partial charge in [-0.1, -0.05) is 11.6 Å². The number of carbonyl (C=O) groups excluding carboxylic acids is 1. The van der Waals surface area contributed by atoms with Gasteiger partial charge in [-0.2, -0.15) is 0 Å². The van der Waals surface area contributed by atoms with Crippen LogP contribution in [0.4, 0.5) is 5.69 Å². The normalized spacial score (nSPS) is 26.3. The molecule has 0 spiro atoms. The number of nitrogens with two attached hydrogens (primary N) is 1. The maximum Gasteiger partial charge on any atom is 0.254 e. The van der Waals surface area contributed by atoms with Crippen LogP contribution in [0.15, 0.2) is 18.2 Å². The van der Waals surface area contributed by atoms with Gasteiger partial charge in [0.05, 0.1) is 29.5 Å². The molecule has 1 aromatic carbocycles. The van der Waals surface area contributed by atoms with Crippen molar-refractivity contribution in [1.82, 2.24) is 4.90 Å². The summed E-state index contributed by atoms with van der Waals surface area (Å²) in [6, 6.07) is 5.29. The number of amides is 1. The van der Waals surface area contributed by atoms with Gasteiger partial charge in [-0.05, 0) is 37.5 Å². The molecule has 2 fully saturated rings. The largest absolute Gasteiger partial charge is 0.398 e. The van der Waals surface area contributed by atoms with Crippen LogP contribution < -0.4 is 5.73 Å². The molecule has 2 aliphatic rings. The number of rotatable bonds is 1. The zero-order chi connectivity index (χ0) is 13.4. The van der Waals surface area contributed by atoms with Crippen molar-refractivity contribution < 1.29 is 9.53 Å². The molecular weight excluding hydrogens is 264 g/mol. The second kappa shape index (κ2) is 5.02. The first kappa shape index (κ1) is 12.8. The lowest BCUT2D eigenvalue weighted by molar-refractivity contribution is -0.0445. The fraction of sp³-hybridized carbons (Fsp3) is 0.500. The molecule has 0 radical (unpaired) electrons. The summed E-state index contributed by atoms with van der Waals surface area (Å²) in [5.74, 6) is 0.0297. The highest BCUT2D eigenvalue weighted by Gasteiger charge is 2.38. The molecule has 3 rings (SSSR count). The van der Waals surface area contributed by atoms with Gasteiger partial charge in [-0.25, -0.2) is 0 Å². The Balaban J connectivity index is 1.84. The predicted octanol–water partition coefficient (Wildman–Crippen LogP) is 2.32. The van der Waals surface area contributed by atoms with E-state index in [-0.39, 0.29) is 18.1 Å². The Labute approximate surface area is 117 Å². The molecule has 2 atom stereocenters. The van der Waals surface area contributed by atoms with Crippen molar-refractivity contribution in [2.45, 2.75) is 31.4 Å². The maximum atomic E-state index is 12.6. The minimum absolute atomic E-state index is 0.0297. The number of fused-ring (bicyclic) bond motifs is 1. The first-order chi connectivity index (χ1) is 9.16. The molecule has 19 heavy (non-hydrogen) atoms. The van der Waals surface area contributed by atoms with Gasteiger partial charge in [-0.15, -0.1) is 0 Å². The molecule has 0 aromatic heterocycles. The quantitative estimate of drug-likeness (QED) is 0.803. The Morgan fingerprint density at radius 3 is 3.05 bits per heavy atom. The molecule has 1 aromatic rings. The van der Waals surface area contributed by atoms with Crippen molar-refractivity contribution >= 4 is 23.2 Å². The molecule has 5 heteroatoms. The number of nitrogen functional groups attached to an aromatic ring is 1. The molecule has 1 saturated heterocycles. The number of morpholine rings is 1. The number of nitrogens with zero attached hydrogens (tertiary/aromatic N) is 1. The SMILES string of the molecule is Nc1ccc(C(=O)N2CCOC3CCCC32)cc1Cl. The summed E-state index contributed by atoms with van der Waals surface area (Å²) in [6.07, 6.45) is 3.42. The van der Waals surface area contributed by atoms with Crippen molar-refractivity contribution in [3.63, 3.8) is 0 Å². The lowest BCUT2D eigenvalue weighted by atomic mass is 10.1. The molecule has 2 unspecified atom stereocenters. The van der Waals surface area contributed by atoms with E-state index < -0.39 is 0 Å². The Morgan fingerprint density at radius 1 is 1.42 bits per heavy atom. The van der Waals surface area contributed by atoms with Crippen LogP contribution in [0, 0.1) is 0 Å². The van der Waals surface area contributed by atoms with Crippen LogP contribution >= 0.6 is 11.6 Å². The van der Waals surface area contributed by atoms with E-state index in [1.807, 2.05) is 4.90 Å². The maximum absolute atomic E-state index is 12.6. The Kier molecular flexibility index (Phi) is 3.37. The highest BCUT2D eigenvalue weighted by atomic mass is 35.5. The van der Waals surface area contributed by atoms with Crippen molar-refractivity contribution in [2.75, 3.05) is 18.9 Å². The lowest BCUT2D eigenvalue weighted by Gasteiger charge is -2.37. The molecule has 1 aliphatic carbocycles. The van der Waals surface area contributed by atoms with E-state index >= 15 is 0 Å². The third-order valence-electron chi connectivity index (χ3n) is 3.99.